The number of halogens is 1. The molecule has 0 bridgehead atoms. The Labute approximate surface area is 126 Å². The molecular weight excluding hydrogens is 283 g/mol. The molecule has 0 aliphatic heterocycles. The molecule has 110 valence electrons. The third-order valence-electron chi connectivity index (χ3n) is 3.16. The van der Waals surface area contributed by atoms with Crippen LogP contribution in [0.15, 0.2) is 59.1 Å². The van der Waals surface area contributed by atoms with Crippen LogP contribution in [0.1, 0.15) is 16.1 Å². The summed E-state index contributed by atoms with van der Waals surface area (Å²) in [5, 5.41) is 6.45. The quantitative estimate of drug-likeness (QED) is 0.793. The number of hydrogen-bond donors (Lipinski definition) is 1. The third kappa shape index (κ3) is 3.03. The van der Waals surface area contributed by atoms with Crippen molar-refractivity contribution >= 4 is 11.6 Å². The Bertz CT molecular complexity index is 810. The Morgan fingerprint density at radius 3 is 2.64 bits per heavy atom. The van der Waals surface area contributed by atoms with Gasteiger partial charge in [-0.05, 0) is 25.1 Å². The molecule has 1 amide bonds. The van der Waals surface area contributed by atoms with Gasteiger partial charge in [0.2, 0.25) is 5.76 Å². The summed E-state index contributed by atoms with van der Waals surface area (Å²) in [4.78, 5) is 12.1. The van der Waals surface area contributed by atoms with Crippen molar-refractivity contribution in [3.05, 3.63) is 71.7 Å². The minimum atomic E-state index is -0.475. The van der Waals surface area contributed by atoms with Gasteiger partial charge in [-0.2, -0.15) is 0 Å². The summed E-state index contributed by atoms with van der Waals surface area (Å²) in [6.07, 6.45) is 0. The fourth-order valence-corrected chi connectivity index (χ4v) is 2.00. The van der Waals surface area contributed by atoms with Gasteiger partial charge in [-0.1, -0.05) is 41.1 Å². The molecule has 0 atom stereocenters. The van der Waals surface area contributed by atoms with E-state index in [9.17, 15) is 9.18 Å². The topological polar surface area (TPSA) is 55.1 Å². The molecule has 1 aromatic heterocycles. The van der Waals surface area contributed by atoms with Crippen LogP contribution in [0, 0.1) is 12.7 Å². The summed E-state index contributed by atoms with van der Waals surface area (Å²) in [6, 6.07) is 14.9. The predicted octanol–water partition coefficient (Wildman–Crippen LogP) is 4.04. The van der Waals surface area contributed by atoms with E-state index in [1.807, 2.05) is 31.2 Å². The Kier molecular flexibility index (Phi) is 3.70. The molecule has 0 aliphatic rings. The van der Waals surface area contributed by atoms with E-state index < -0.39 is 11.7 Å². The molecule has 3 rings (SSSR count). The maximum absolute atomic E-state index is 13.1. The normalized spacial score (nSPS) is 10.5. The molecular formula is C17H13FN2O2. The van der Waals surface area contributed by atoms with Crippen LogP contribution in [-0.4, -0.2) is 11.1 Å². The Morgan fingerprint density at radius 2 is 1.91 bits per heavy atom. The van der Waals surface area contributed by atoms with Gasteiger partial charge < -0.3 is 9.84 Å². The Morgan fingerprint density at radius 1 is 1.14 bits per heavy atom. The molecule has 2 aromatic carbocycles. The SMILES string of the molecule is Cc1ccc(-c2cc(C(=O)Nc3cccc(F)c3)on2)cc1. The van der Waals surface area contributed by atoms with Crippen molar-refractivity contribution < 1.29 is 13.7 Å². The van der Waals surface area contributed by atoms with Crippen molar-refractivity contribution in [3.8, 4) is 11.3 Å². The zero-order valence-electron chi connectivity index (χ0n) is 11.8. The number of amides is 1. The lowest BCUT2D eigenvalue weighted by Crippen LogP contribution is -2.10. The van der Waals surface area contributed by atoms with Crippen molar-refractivity contribution in [3.63, 3.8) is 0 Å². The average Bonchev–Trinajstić information content (AvgIpc) is 2.98. The maximum Gasteiger partial charge on any atom is 0.294 e. The van der Waals surface area contributed by atoms with Crippen LogP contribution < -0.4 is 5.32 Å². The lowest BCUT2D eigenvalue weighted by molar-refractivity contribution is 0.0988. The fourth-order valence-electron chi connectivity index (χ4n) is 2.00. The zero-order valence-corrected chi connectivity index (χ0v) is 11.8. The highest BCUT2D eigenvalue weighted by Gasteiger charge is 2.14. The van der Waals surface area contributed by atoms with Crippen molar-refractivity contribution in [2.75, 3.05) is 5.32 Å². The summed E-state index contributed by atoms with van der Waals surface area (Å²) in [6.45, 7) is 1.99. The summed E-state index contributed by atoms with van der Waals surface area (Å²) >= 11 is 0. The van der Waals surface area contributed by atoms with E-state index in [4.69, 9.17) is 4.52 Å². The van der Waals surface area contributed by atoms with Gasteiger partial charge in [0.25, 0.3) is 5.91 Å². The molecule has 0 unspecified atom stereocenters. The third-order valence-corrected chi connectivity index (χ3v) is 3.16. The molecule has 0 fully saturated rings. The highest BCUT2D eigenvalue weighted by Crippen LogP contribution is 2.20. The molecule has 0 saturated carbocycles. The van der Waals surface area contributed by atoms with Gasteiger partial charge >= 0.3 is 0 Å². The molecule has 0 spiro atoms. The van der Waals surface area contributed by atoms with Gasteiger partial charge in [-0.3, -0.25) is 4.79 Å². The van der Waals surface area contributed by atoms with E-state index in [1.54, 1.807) is 12.1 Å². The zero-order chi connectivity index (χ0) is 15.5. The monoisotopic (exact) mass is 296 g/mol. The van der Waals surface area contributed by atoms with Crippen LogP contribution in [0.25, 0.3) is 11.3 Å². The van der Waals surface area contributed by atoms with Crippen LogP contribution in [0.3, 0.4) is 0 Å². The Balaban J connectivity index is 1.78. The van der Waals surface area contributed by atoms with Crippen LogP contribution >= 0.6 is 0 Å². The van der Waals surface area contributed by atoms with Crippen molar-refractivity contribution in [1.82, 2.24) is 5.16 Å². The van der Waals surface area contributed by atoms with E-state index >= 15 is 0 Å². The number of nitrogens with one attached hydrogen (secondary N) is 1. The largest absolute Gasteiger partial charge is 0.350 e. The first-order valence-corrected chi connectivity index (χ1v) is 6.72. The van der Waals surface area contributed by atoms with E-state index in [1.165, 1.54) is 18.2 Å². The first-order valence-electron chi connectivity index (χ1n) is 6.72. The molecule has 4 nitrogen and oxygen atoms in total. The molecule has 0 saturated heterocycles. The van der Waals surface area contributed by atoms with Gasteiger partial charge in [-0.15, -0.1) is 0 Å². The second-order valence-electron chi connectivity index (χ2n) is 4.91. The summed E-state index contributed by atoms with van der Waals surface area (Å²) < 4.78 is 18.1. The number of nitrogens with zero attached hydrogens (tertiary/aromatic N) is 1. The minimum absolute atomic E-state index is 0.0693. The van der Waals surface area contributed by atoms with Crippen molar-refractivity contribution in [2.24, 2.45) is 0 Å². The number of carbonyl (C=O) groups is 1. The number of aryl methyl sites for hydroxylation is 1. The first-order chi connectivity index (χ1) is 10.6. The van der Waals surface area contributed by atoms with Gasteiger partial charge in [0.15, 0.2) is 0 Å². The molecule has 22 heavy (non-hydrogen) atoms. The number of anilines is 1. The van der Waals surface area contributed by atoms with E-state index in [2.05, 4.69) is 10.5 Å². The van der Waals surface area contributed by atoms with E-state index in [0.29, 0.717) is 11.4 Å². The summed E-state index contributed by atoms with van der Waals surface area (Å²) in [5.74, 6) is -0.827. The van der Waals surface area contributed by atoms with Gasteiger partial charge in [0, 0.05) is 17.3 Å². The van der Waals surface area contributed by atoms with Gasteiger partial charge in [-0.25, -0.2) is 4.39 Å². The van der Waals surface area contributed by atoms with Crippen LogP contribution in [-0.2, 0) is 0 Å². The van der Waals surface area contributed by atoms with E-state index in [0.717, 1.165) is 11.1 Å². The molecule has 5 heteroatoms. The van der Waals surface area contributed by atoms with Gasteiger partial charge in [0.05, 0.1) is 0 Å². The number of aromatic nitrogens is 1. The highest BCUT2D eigenvalue weighted by atomic mass is 19.1. The molecule has 1 N–H and O–H groups in total. The number of hydrogen-bond acceptors (Lipinski definition) is 3. The highest BCUT2D eigenvalue weighted by molar-refractivity contribution is 6.02. The van der Waals surface area contributed by atoms with E-state index in [-0.39, 0.29) is 5.76 Å². The molecule has 0 aliphatic carbocycles. The fraction of sp³-hybridized carbons (Fsp3) is 0.0588. The lowest BCUT2D eigenvalue weighted by Gasteiger charge is -2.01. The Hall–Kier alpha value is -2.95. The molecule has 3 aromatic rings. The summed E-state index contributed by atoms with van der Waals surface area (Å²) in [7, 11) is 0. The number of rotatable bonds is 3. The second kappa shape index (κ2) is 5.81. The smallest absolute Gasteiger partial charge is 0.294 e. The predicted molar refractivity (Wildman–Crippen MR) is 81.0 cm³/mol. The minimum Gasteiger partial charge on any atom is -0.350 e. The van der Waals surface area contributed by atoms with Crippen LogP contribution in [0.4, 0.5) is 10.1 Å². The molecule has 0 radical (unpaired) electrons. The van der Waals surface area contributed by atoms with Crippen molar-refractivity contribution in [2.45, 2.75) is 6.92 Å². The second-order valence-corrected chi connectivity index (χ2v) is 4.91. The molecule has 1 heterocycles. The van der Waals surface area contributed by atoms with Crippen LogP contribution in [0.5, 0.6) is 0 Å². The maximum atomic E-state index is 13.1. The first kappa shape index (κ1) is 14.0. The number of carbonyl (C=O) groups excluding carboxylic acids is 1. The van der Waals surface area contributed by atoms with Crippen molar-refractivity contribution in [1.29, 1.82) is 0 Å². The lowest BCUT2D eigenvalue weighted by atomic mass is 10.1. The standard InChI is InChI=1S/C17H13FN2O2/c1-11-5-7-12(8-6-11)15-10-16(22-20-15)17(21)19-14-4-2-3-13(18)9-14/h2-10H,1H3,(H,19,21). The van der Waals surface area contributed by atoms with Crippen LogP contribution in [0.2, 0.25) is 0 Å². The number of benzene rings is 2. The summed E-state index contributed by atoms with van der Waals surface area (Å²) in [5.41, 5.74) is 2.93. The van der Waals surface area contributed by atoms with Gasteiger partial charge in [0.1, 0.15) is 11.5 Å². The average molecular weight is 296 g/mol.